The number of carbonyl (C=O) groups is 1. The summed E-state index contributed by atoms with van der Waals surface area (Å²) in [7, 11) is 0. The van der Waals surface area contributed by atoms with Crippen molar-refractivity contribution in [2.45, 2.75) is 6.18 Å². The fraction of sp³-hybridized carbons (Fsp3) is 0.0500. The number of carbonyl (C=O) groups excluding carboxylic acids is 1. The molecule has 0 atom stereocenters. The van der Waals surface area contributed by atoms with Crippen LogP contribution in [-0.2, 0) is 4.79 Å². The minimum absolute atomic E-state index is 0.0108. The molecule has 0 aliphatic heterocycles. The molecule has 0 aliphatic carbocycles. The second-order valence-electron chi connectivity index (χ2n) is 6.15. The van der Waals surface area contributed by atoms with Gasteiger partial charge in [0.25, 0.3) is 0 Å². The molecule has 1 amide bonds. The number of amides is 1. The number of halogens is 3. The van der Waals surface area contributed by atoms with Gasteiger partial charge in [-0.2, -0.15) is 24.5 Å². The van der Waals surface area contributed by atoms with Crippen LogP contribution < -0.4 is 5.32 Å². The number of H-pyrrole nitrogens is 1. The third kappa shape index (κ3) is 3.34. The highest BCUT2D eigenvalue weighted by atomic mass is 32.1. The third-order valence-corrected chi connectivity index (χ3v) is 4.97. The van der Waals surface area contributed by atoms with Crippen LogP contribution in [-0.4, -0.2) is 22.2 Å². The number of aromatic amines is 1. The van der Waals surface area contributed by atoms with Crippen molar-refractivity contribution in [2.75, 3.05) is 5.32 Å². The van der Waals surface area contributed by atoms with E-state index in [1.807, 2.05) is 29.6 Å². The minimum atomic E-state index is -5.01. The van der Waals surface area contributed by atoms with Crippen LogP contribution in [0, 0.1) is 0 Å². The highest BCUT2D eigenvalue weighted by Crippen LogP contribution is 2.39. The predicted octanol–water partition coefficient (Wildman–Crippen LogP) is 5.77. The fourth-order valence-electron chi connectivity index (χ4n) is 2.97. The van der Waals surface area contributed by atoms with Crippen LogP contribution in [0.5, 0.6) is 5.75 Å². The average molecular weight is 402 g/mol. The molecular formula is C20H13F3N2O2S. The van der Waals surface area contributed by atoms with E-state index < -0.39 is 12.1 Å². The van der Waals surface area contributed by atoms with Gasteiger partial charge in [0.15, 0.2) is 0 Å². The summed E-state index contributed by atoms with van der Waals surface area (Å²) in [6, 6.07) is 13.9. The Labute approximate surface area is 161 Å². The number of anilines is 1. The number of hydrogen-bond donors (Lipinski definition) is 3. The van der Waals surface area contributed by atoms with Crippen molar-refractivity contribution in [3.05, 3.63) is 59.3 Å². The molecule has 0 radical (unpaired) electrons. The first-order chi connectivity index (χ1) is 13.3. The number of thiophene rings is 1. The number of alkyl halides is 3. The summed E-state index contributed by atoms with van der Waals surface area (Å²) in [4.78, 5) is 14.5. The third-order valence-electron chi connectivity index (χ3n) is 4.29. The standard InChI is InChI=1S/C20H13F3N2O2S/c21-20(22,23)19(27)25-16-9-15(24-18(16)13-5-6-28-10-13)14-7-11-3-1-2-4-12(11)8-17(14)26/h1-10,24,26H,(H,25,27). The van der Waals surface area contributed by atoms with E-state index in [2.05, 4.69) is 4.98 Å². The summed E-state index contributed by atoms with van der Waals surface area (Å²) in [6.45, 7) is 0. The monoisotopic (exact) mass is 402 g/mol. The smallest absolute Gasteiger partial charge is 0.471 e. The molecule has 4 rings (SSSR count). The topological polar surface area (TPSA) is 65.1 Å². The molecule has 0 fully saturated rings. The lowest BCUT2D eigenvalue weighted by molar-refractivity contribution is -0.167. The molecule has 3 N–H and O–H groups in total. The lowest BCUT2D eigenvalue weighted by Crippen LogP contribution is -2.29. The Morgan fingerprint density at radius 2 is 1.79 bits per heavy atom. The number of phenolic OH excluding ortho intramolecular Hbond substituents is 1. The number of rotatable bonds is 3. The summed E-state index contributed by atoms with van der Waals surface area (Å²) in [5, 5.41) is 17.6. The Bertz CT molecular complexity index is 1160. The van der Waals surface area contributed by atoms with Crippen LogP contribution >= 0.6 is 11.3 Å². The quantitative estimate of drug-likeness (QED) is 0.407. The number of aromatic nitrogens is 1. The van der Waals surface area contributed by atoms with Crippen LogP contribution in [0.4, 0.5) is 18.9 Å². The summed E-state index contributed by atoms with van der Waals surface area (Å²) in [5.74, 6) is -2.08. The van der Waals surface area contributed by atoms with Gasteiger partial charge < -0.3 is 15.4 Å². The van der Waals surface area contributed by atoms with E-state index in [-0.39, 0.29) is 11.4 Å². The van der Waals surface area contributed by atoms with Gasteiger partial charge in [-0.05, 0) is 40.4 Å². The molecule has 0 saturated carbocycles. The molecule has 2 aromatic carbocycles. The Morgan fingerprint density at radius 3 is 2.43 bits per heavy atom. The van der Waals surface area contributed by atoms with Gasteiger partial charge in [-0.3, -0.25) is 4.79 Å². The molecule has 28 heavy (non-hydrogen) atoms. The maximum absolute atomic E-state index is 12.7. The van der Waals surface area contributed by atoms with Crippen LogP contribution in [0.2, 0.25) is 0 Å². The zero-order chi connectivity index (χ0) is 19.9. The second-order valence-corrected chi connectivity index (χ2v) is 6.93. The van der Waals surface area contributed by atoms with Gasteiger partial charge in [-0.1, -0.05) is 24.3 Å². The number of aromatic hydroxyl groups is 1. The van der Waals surface area contributed by atoms with E-state index in [1.54, 1.807) is 29.0 Å². The van der Waals surface area contributed by atoms with Crippen molar-refractivity contribution in [1.29, 1.82) is 0 Å². The van der Waals surface area contributed by atoms with Gasteiger partial charge in [0, 0.05) is 16.5 Å². The van der Waals surface area contributed by atoms with Crippen molar-refractivity contribution < 1.29 is 23.1 Å². The Morgan fingerprint density at radius 1 is 1.07 bits per heavy atom. The molecule has 2 aromatic heterocycles. The molecule has 4 aromatic rings. The van der Waals surface area contributed by atoms with Gasteiger partial charge in [0.2, 0.25) is 0 Å². The van der Waals surface area contributed by atoms with E-state index >= 15 is 0 Å². The summed E-state index contributed by atoms with van der Waals surface area (Å²) < 4.78 is 38.2. The van der Waals surface area contributed by atoms with Crippen molar-refractivity contribution in [2.24, 2.45) is 0 Å². The Hall–Kier alpha value is -3.26. The lowest BCUT2D eigenvalue weighted by atomic mass is 10.0. The Kier molecular flexibility index (Phi) is 4.35. The van der Waals surface area contributed by atoms with Crippen LogP contribution in [0.1, 0.15) is 0 Å². The largest absolute Gasteiger partial charge is 0.507 e. The number of nitrogens with one attached hydrogen (secondary N) is 2. The van der Waals surface area contributed by atoms with E-state index in [4.69, 9.17) is 0 Å². The molecule has 0 saturated heterocycles. The first-order valence-corrected chi connectivity index (χ1v) is 9.13. The first kappa shape index (κ1) is 18.1. The molecule has 0 bridgehead atoms. The molecule has 142 valence electrons. The number of phenols is 1. The molecule has 2 heterocycles. The first-order valence-electron chi connectivity index (χ1n) is 8.19. The maximum Gasteiger partial charge on any atom is 0.471 e. The van der Waals surface area contributed by atoms with Gasteiger partial charge >= 0.3 is 12.1 Å². The lowest BCUT2D eigenvalue weighted by Gasteiger charge is -2.07. The zero-order valence-corrected chi connectivity index (χ0v) is 15.0. The zero-order valence-electron chi connectivity index (χ0n) is 14.2. The van der Waals surface area contributed by atoms with E-state index in [1.165, 1.54) is 17.4 Å². The molecule has 8 heteroatoms. The van der Waals surface area contributed by atoms with Gasteiger partial charge in [0.1, 0.15) is 5.75 Å². The normalized spacial score (nSPS) is 11.7. The molecular weight excluding hydrogens is 389 g/mol. The average Bonchev–Trinajstić information content (AvgIpc) is 3.30. The molecule has 0 unspecified atom stereocenters. The van der Waals surface area contributed by atoms with Crippen molar-refractivity contribution in [3.8, 4) is 28.3 Å². The minimum Gasteiger partial charge on any atom is -0.507 e. The highest BCUT2D eigenvalue weighted by molar-refractivity contribution is 7.08. The summed E-state index contributed by atoms with van der Waals surface area (Å²) >= 11 is 1.37. The van der Waals surface area contributed by atoms with E-state index in [9.17, 15) is 23.1 Å². The van der Waals surface area contributed by atoms with Crippen LogP contribution in [0.15, 0.2) is 59.3 Å². The van der Waals surface area contributed by atoms with Gasteiger partial charge in [0.05, 0.1) is 17.1 Å². The molecule has 4 nitrogen and oxygen atoms in total. The highest BCUT2D eigenvalue weighted by Gasteiger charge is 2.39. The second kappa shape index (κ2) is 6.72. The Balaban J connectivity index is 1.84. The van der Waals surface area contributed by atoms with Crippen molar-refractivity contribution in [3.63, 3.8) is 0 Å². The predicted molar refractivity (Wildman–Crippen MR) is 103 cm³/mol. The summed E-state index contributed by atoms with van der Waals surface area (Å²) in [6.07, 6.45) is -5.01. The van der Waals surface area contributed by atoms with Crippen molar-refractivity contribution in [1.82, 2.24) is 4.98 Å². The number of benzene rings is 2. The molecule has 0 aliphatic rings. The number of fused-ring (bicyclic) bond motifs is 1. The molecule has 0 spiro atoms. The van der Waals surface area contributed by atoms with Crippen molar-refractivity contribution >= 4 is 33.7 Å². The number of hydrogen-bond acceptors (Lipinski definition) is 3. The summed E-state index contributed by atoms with van der Waals surface area (Å²) in [5.41, 5.74) is 1.77. The van der Waals surface area contributed by atoms with Gasteiger partial charge in [-0.25, -0.2) is 0 Å². The van der Waals surface area contributed by atoms with Crippen LogP contribution in [0.3, 0.4) is 0 Å². The van der Waals surface area contributed by atoms with E-state index in [0.29, 0.717) is 22.5 Å². The van der Waals surface area contributed by atoms with E-state index in [0.717, 1.165) is 10.8 Å². The SMILES string of the molecule is O=C(Nc1cc(-c2cc3ccccc3cc2O)[nH]c1-c1ccsc1)C(F)(F)F. The van der Waals surface area contributed by atoms with Gasteiger partial charge in [-0.15, -0.1) is 0 Å². The maximum atomic E-state index is 12.7. The van der Waals surface area contributed by atoms with Crippen LogP contribution in [0.25, 0.3) is 33.3 Å². The fourth-order valence-corrected chi connectivity index (χ4v) is 3.62.